The van der Waals surface area contributed by atoms with E-state index in [-0.39, 0.29) is 12.0 Å². The third-order valence-electron chi connectivity index (χ3n) is 13.6. The Balaban J connectivity index is 0.952. The molecule has 0 spiro atoms. The SMILES string of the molecule is C1=CC2c3cc(-c4c5c(c(-c6ccc7sc8ccccc8c7c6)c6c4CCC=C6)CCC=C5)ccc3OC2C(c2c3ccccc3c(-c3ccccc3)c3ccccc23)=C1. The number of rotatable bonds is 4. The number of thiophene rings is 1. The highest BCUT2D eigenvalue weighted by Crippen LogP contribution is 2.53. The molecule has 60 heavy (non-hydrogen) atoms. The summed E-state index contributed by atoms with van der Waals surface area (Å²) in [6.07, 6.45) is 20.7. The van der Waals surface area contributed by atoms with Crippen LogP contribution in [-0.4, -0.2) is 6.10 Å². The molecule has 3 aliphatic carbocycles. The standard InChI is InChI=1S/C58H40OS/c1-2-15-35(16-3-1)54-43-22-8-10-24-45(43)57(46-25-11-9-23-44(46)54)48-27-14-26-47-49-33-36(29-31-51(49)59-58(47)48)55-39-18-4-6-20-41(39)56(42-21-7-5-19-40(42)55)37-30-32-53-50(34-37)38-17-12-13-28-52(38)60-53/h1-4,7-18,21-34,47,58H,5-6,19-20H2. The molecule has 0 amide bonds. The molecular formula is C58H40OS. The Labute approximate surface area is 353 Å². The molecule has 0 saturated carbocycles. The van der Waals surface area contributed by atoms with Crippen LogP contribution in [0.25, 0.3) is 92.8 Å². The van der Waals surface area contributed by atoms with Crippen molar-refractivity contribution in [1.29, 1.82) is 0 Å². The van der Waals surface area contributed by atoms with Gasteiger partial charge >= 0.3 is 0 Å². The van der Waals surface area contributed by atoms with Gasteiger partial charge in [-0.1, -0.05) is 152 Å². The maximum atomic E-state index is 7.10. The molecule has 13 rings (SSSR count). The lowest BCUT2D eigenvalue weighted by Gasteiger charge is -2.28. The lowest BCUT2D eigenvalue weighted by Crippen LogP contribution is -2.21. The van der Waals surface area contributed by atoms with Crippen molar-refractivity contribution in [3.63, 3.8) is 0 Å². The summed E-state index contributed by atoms with van der Waals surface area (Å²) in [7, 11) is 0. The summed E-state index contributed by atoms with van der Waals surface area (Å²) < 4.78 is 9.81. The van der Waals surface area contributed by atoms with Crippen LogP contribution < -0.4 is 4.74 Å². The smallest absolute Gasteiger partial charge is 0.135 e. The van der Waals surface area contributed by atoms with Crippen LogP contribution in [0.5, 0.6) is 5.75 Å². The van der Waals surface area contributed by atoms with Gasteiger partial charge in [-0.2, -0.15) is 0 Å². The first kappa shape index (κ1) is 34.2. The molecule has 0 bridgehead atoms. The second-order valence-electron chi connectivity index (χ2n) is 16.8. The number of hydrogen-bond donors (Lipinski definition) is 0. The molecule has 0 N–H and O–H groups in total. The van der Waals surface area contributed by atoms with E-state index in [4.69, 9.17) is 4.74 Å². The van der Waals surface area contributed by atoms with Gasteiger partial charge in [0.1, 0.15) is 11.9 Å². The van der Waals surface area contributed by atoms with Gasteiger partial charge in [0.05, 0.1) is 0 Å². The molecule has 0 saturated heterocycles. The highest BCUT2D eigenvalue weighted by Gasteiger charge is 2.39. The van der Waals surface area contributed by atoms with Gasteiger partial charge in [0, 0.05) is 37.2 Å². The second kappa shape index (κ2) is 13.4. The Bertz CT molecular complexity index is 3350. The average Bonchev–Trinajstić information content (AvgIpc) is 3.88. The second-order valence-corrected chi connectivity index (χ2v) is 17.8. The molecule has 1 nitrogen and oxygen atoms in total. The minimum Gasteiger partial charge on any atom is -0.484 e. The van der Waals surface area contributed by atoms with Crippen molar-refractivity contribution in [2.24, 2.45) is 0 Å². The number of ether oxygens (including phenoxy) is 1. The third kappa shape index (κ3) is 5.04. The summed E-state index contributed by atoms with van der Waals surface area (Å²) in [4.78, 5) is 0. The van der Waals surface area contributed by atoms with E-state index in [1.165, 1.54) is 114 Å². The summed E-state index contributed by atoms with van der Waals surface area (Å²) in [5.74, 6) is 1.10. The van der Waals surface area contributed by atoms with Crippen LogP contribution in [0.2, 0.25) is 0 Å². The maximum absolute atomic E-state index is 7.10. The molecular weight excluding hydrogens is 745 g/mol. The summed E-state index contributed by atoms with van der Waals surface area (Å²) >= 11 is 1.90. The van der Waals surface area contributed by atoms with Gasteiger partial charge in [-0.3, -0.25) is 0 Å². The van der Waals surface area contributed by atoms with E-state index >= 15 is 0 Å². The van der Waals surface area contributed by atoms with Gasteiger partial charge < -0.3 is 4.74 Å². The van der Waals surface area contributed by atoms with E-state index in [2.05, 4.69) is 182 Å². The number of hydrogen-bond acceptors (Lipinski definition) is 2. The normalized spacial score (nSPS) is 17.4. The van der Waals surface area contributed by atoms with E-state index in [9.17, 15) is 0 Å². The molecule has 2 unspecified atom stereocenters. The minimum atomic E-state index is -0.120. The molecule has 2 heteroatoms. The topological polar surface area (TPSA) is 9.23 Å². The lowest BCUT2D eigenvalue weighted by molar-refractivity contribution is 0.278. The lowest BCUT2D eigenvalue weighted by atomic mass is 9.75. The van der Waals surface area contributed by atoms with Gasteiger partial charge in [-0.25, -0.2) is 0 Å². The van der Waals surface area contributed by atoms with Gasteiger partial charge in [0.15, 0.2) is 0 Å². The Morgan fingerprint density at radius 1 is 0.483 bits per heavy atom. The van der Waals surface area contributed by atoms with E-state index in [0.717, 1.165) is 31.4 Å². The predicted octanol–water partition coefficient (Wildman–Crippen LogP) is 15.8. The Hall–Kier alpha value is -6.74. The quantitative estimate of drug-likeness (QED) is 0.162. The number of benzene rings is 8. The van der Waals surface area contributed by atoms with Crippen LogP contribution >= 0.6 is 11.3 Å². The van der Waals surface area contributed by atoms with Crippen molar-refractivity contribution in [1.82, 2.24) is 0 Å². The molecule has 284 valence electrons. The fourth-order valence-corrected chi connectivity index (χ4v) is 12.1. The van der Waals surface area contributed by atoms with E-state index in [0.29, 0.717) is 0 Å². The monoisotopic (exact) mass is 784 g/mol. The zero-order valence-electron chi connectivity index (χ0n) is 33.1. The molecule has 9 aromatic rings. The maximum Gasteiger partial charge on any atom is 0.135 e. The van der Waals surface area contributed by atoms with Gasteiger partial charge in [0.25, 0.3) is 0 Å². The molecule has 4 aliphatic rings. The average molecular weight is 785 g/mol. The van der Waals surface area contributed by atoms with Crippen molar-refractivity contribution in [2.45, 2.75) is 37.7 Å². The highest BCUT2D eigenvalue weighted by molar-refractivity contribution is 7.25. The van der Waals surface area contributed by atoms with Crippen molar-refractivity contribution in [3.05, 3.63) is 203 Å². The fraction of sp³-hybridized carbons (Fsp3) is 0.103. The molecule has 1 aliphatic heterocycles. The van der Waals surface area contributed by atoms with E-state index in [1.807, 2.05) is 11.3 Å². The predicted molar refractivity (Wildman–Crippen MR) is 256 cm³/mol. The first-order valence-electron chi connectivity index (χ1n) is 21.4. The highest BCUT2D eigenvalue weighted by atomic mass is 32.1. The largest absolute Gasteiger partial charge is 0.484 e. The van der Waals surface area contributed by atoms with Crippen molar-refractivity contribution in [2.75, 3.05) is 0 Å². The van der Waals surface area contributed by atoms with E-state index in [1.54, 1.807) is 0 Å². The molecule has 8 aromatic carbocycles. The zero-order valence-corrected chi connectivity index (χ0v) is 33.9. The van der Waals surface area contributed by atoms with Gasteiger partial charge in [-0.15, -0.1) is 11.3 Å². The van der Waals surface area contributed by atoms with E-state index < -0.39 is 0 Å². The Kier molecular flexibility index (Phi) is 7.62. The summed E-state index contributed by atoms with van der Waals surface area (Å²) in [5, 5.41) is 7.78. The minimum absolute atomic E-state index is 0.111. The Morgan fingerprint density at radius 3 is 1.77 bits per heavy atom. The molecule has 2 heterocycles. The van der Waals surface area contributed by atoms with Crippen LogP contribution in [0.1, 0.15) is 52.1 Å². The first-order chi connectivity index (χ1) is 29.8. The number of fused-ring (bicyclic) bond motifs is 10. The molecule has 0 radical (unpaired) electrons. The molecule has 0 fully saturated rings. The van der Waals surface area contributed by atoms with Crippen molar-refractivity contribution >= 4 is 70.8 Å². The van der Waals surface area contributed by atoms with Crippen molar-refractivity contribution in [3.8, 4) is 39.1 Å². The third-order valence-corrected chi connectivity index (χ3v) is 14.7. The van der Waals surface area contributed by atoms with Crippen LogP contribution in [0.15, 0.2) is 170 Å². The van der Waals surface area contributed by atoms with Crippen LogP contribution in [0.3, 0.4) is 0 Å². The summed E-state index contributed by atoms with van der Waals surface area (Å²) in [6, 6.07) is 51.9. The van der Waals surface area contributed by atoms with Crippen LogP contribution in [0, 0.1) is 0 Å². The first-order valence-corrected chi connectivity index (χ1v) is 22.3. The number of allylic oxidation sites excluding steroid dienone is 4. The molecule has 1 aromatic heterocycles. The van der Waals surface area contributed by atoms with Crippen LogP contribution in [-0.2, 0) is 12.8 Å². The summed E-state index contributed by atoms with van der Waals surface area (Å²) in [5.41, 5.74) is 17.5. The fourth-order valence-electron chi connectivity index (χ4n) is 11.0. The van der Waals surface area contributed by atoms with Crippen LogP contribution in [0.4, 0.5) is 0 Å². The van der Waals surface area contributed by atoms with Gasteiger partial charge in [0.2, 0.25) is 0 Å². The van der Waals surface area contributed by atoms with Crippen molar-refractivity contribution < 1.29 is 4.74 Å². The molecule has 2 atom stereocenters. The summed E-state index contributed by atoms with van der Waals surface area (Å²) in [6.45, 7) is 0. The Morgan fingerprint density at radius 2 is 1.07 bits per heavy atom. The zero-order chi connectivity index (χ0) is 39.3. The van der Waals surface area contributed by atoms with Gasteiger partial charge in [-0.05, 0) is 139 Å².